The summed E-state index contributed by atoms with van der Waals surface area (Å²) in [6.07, 6.45) is 0. The summed E-state index contributed by atoms with van der Waals surface area (Å²) in [5, 5.41) is 2.00. The molecule has 0 aliphatic heterocycles. The first-order valence-corrected chi connectivity index (χ1v) is 4.98. The number of hydrogen-bond donors (Lipinski definition) is 2. The van der Waals surface area contributed by atoms with Gasteiger partial charge in [0.1, 0.15) is 5.82 Å². The van der Waals surface area contributed by atoms with E-state index in [9.17, 15) is 18.0 Å². The number of aryl methyl sites for hydroxylation is 1. The molecule has 0 saturated heterocycles. The van der Waals surface area contributed by atoms with Crippen molar-refractivity contribution in [1.29, 1.82) is 0 Å². The lowest BCUT2D eigenvalue weighted by Crippen LogP contribution is -2.41. The van der Waals surface area contributed by atoms with Crippen molar-refractivity contribution in [1.82, 2.24) is 5.32 Å². The van der Waals surface area contributed by atoms with Crippen LogP contribution in [-0.4, -0.2) is 24.9 Å². The van der Waals surface area contributed by atoms with Crippen LogP contribution in [0.4, 0.5) is 13.2 Å². The third kappa shape index (κ3) is 3.74. The third-order valence-corrected chi connectivity index (χ3v) is 2.24. The van der Waals surface area contributed by atoms with Gasteiger partial charge in [-0.15, -0.1) is 0 Å². The van der Waals surface area contributed by atoms with Crippen LogP contribution in [0.2, 0.25) is 0 Å². The van der Waals surface area contributed by atoms with Crippen molar-refractivity contribution in [2.75, 3.05) is 13.1 Å². The van der Waals surface area contributed by atoms with Crippen molar-refractivity contribution >= 4 is 5.91 Å². The van der Waals surface area contributed by atoms with Crippen LogP contribution in [-0.2, 0) is 0 Å². The highest BCUT2D eigenvalue weighted by Gasteiger charge is 2.27. The Hall–Kier alpha value is -1.56. The Morgan fingerprint density at radius 2 is 2.12 bits per heavy atom. The minimum Gasteiger partial charge on any atom is -0.346 e. The van der Waals surface area contributed by atoms with Crippen molar-refractivity contribution in [2.24, 2.45) is 5.73 Å². The molecule has 0 saturated carbocycles. The Labute approximate surface area is 96.8 Å². The van der Waals surface area contributed by atoms with Gasteiger partial charge in [-0.25, -0.2) is 13.2 Å². The van der Waals surface area contributed by atoms with E-state index in [1.165, 1.54) is 12.1 Å². The molecule has 0 aromatic heterocycles. The molecule has 1 aromatic carbocycles. The summed E-state index contributed by atoms with van der Waals surface area (Å²) >= 11 is 0. The maximum absolute atomic E-state index is 13.1. The molecule has 3 N–H and O–H groups in total. The van der Waals surface area contributed by atoms with Crippen molar-refractivity contribution in [3.05, 3.63) is 35.1 Å². The fourth-order valence-electron chi connectivity index (χ4n) is 1.12. The smallest absolute Gasteiger partial charge is 0.277 e. The normalized spacial score (nSPS) is 11.4. The van der Waals surface area contributed by atoms with E-state index in [1.54, 1.807) is 6.92 Å². The molecule has 3 nitrogen and oxygen atoms in total. The van der Waals surface area contributed by atoms with Gasteiger partial charge in [0.25, 0.3) is 11.8 Å². The molecule has 0 aliphatic rings. The zero-order valence-corrected chi connectivity index (χ0v) is 9.27. The van der Waals surface area contributed by atoms with E-state index in [4.69, 9.17) is 5.73 Å². The maximum Gasteiger partial charge on any atom is 0.277 e. The van der Waals surface area contributed by atoms with Gasteiger partial charge < -0.3 is 11.1 Å². The van der Waals surface area contributed by atoms with Crippen LogP contribution < -0.4 is 11.1 Å². The summed E-state index contributed by atoms with van der Waals surface area (Å²) in [6, 6.07) is 3.78. The number of rotatable bonds is 4. The summed E-state index contributed by atoms with van der Waals surface area (Å²) < 4.78 is 38.6. The molecular weight excluding hydrogens is 233 g/mol. The first-order chi connectivity index (χ1) is 7.85. The average molecular weight is 246 g/mol. The van der Waals surface area contributed by atoms with Gasteiger partial charge in [-0.3, -0.25) is 4.79 Å². The summed E-state index contributed by atoms with van der Waals surface area (Å²) in [4.78, 5) is 11.4. The van der Waals surface area contributed by atoms with Gasteiger partial charge in [-0.1, -0.05) is 6.07 Å². The number of amides is 1. The van der Waals surface area contributed by atoms with Crippen LogP contribution >= 0.6 is 0 Å². The molecule has 0 fully saturated rings. The number of hydrogen-bond acceptors (Lipinski definition) is 2. The van der Waals surface area contributed by atoms with Crippen molar-refractivity contribution < 1.29 is 18.0 Å². The highest BCUT2D eigenvalue weighted by molar-refractivity contribution is 5.94. The molecule has 0 heterocycles. The first kappa shape index (κ1) is 13.5. The molecule has 17 heavy (non-hydrogen) atoms. The van der Waals surface area contributed by atoms with Crippen molar-refractivity contribution in [2.45, 2.75) is 12.8 Å². The lowest BCUT2D eigenvalue weighted by molar-refractivity contribution is 0.0118. The van der Waals surface area contributed by atoms with Gasteiger partial charge in [0.2, 0.25) is 0 Å². The predicted molar refractivity (Wildman–Crippen MR) is 57.5 cm³/mol. The lowest BCUT2D eigenvalue weighted by atomic mass is 10.1. The molecule has 0 bridgehead atoms. The van der Waals surface area contributed by atoms with Gasteiger partial charge in [0, 0.05) is 5.56 Å². The number of benzene rings is 1. The molecule has 6 heteroatoms. The second-order valence-corrected chi connectivity index (χ2v) is 3.71. The van der Waals surface area contributed by atoms with Gasteiger partial charge in [-0.2, -0.15) is 0 Å². The molecule has 0 unspecified atom stereocenters. The van der Waals surface area contributed by atoms with E-state index in [0.29, 0.717) is 5.56 Å². The number of nitrogens with two attached hydrogens (primary N) is 1. The van der Waals surface area contributed by atoms with Crippen LogP contribution in [0.5, 0.6) is 0 Å². The number of halogens is 3. The Kier molecular flexibility index (Phi) is 4.11. The van der Waals surface area contributed by atoms with Crippen LogP contribution in [0.25, 0.3) is 0 Å². The van der Waals surface area contributed by atoms with Crippen molar-refractivity contribution in [3.63, 3.8) is 0 Å². The van der Waals surface area contributed by atoms with Gasteiger partial charge >= 0.3 is 0 Å². The maximum atomic E-state index is 13.1. The van der Waals surface area contributed by atoms with Gasteiger partial charge in [-0.05, 0) is 24.6 Å². The Balaban J connectivity index is 2.68. The van der Waals surface area contributed by atoms with E-state index < -0.39 is 30.7 Å². The standard InChI is InChI=1S/C11H13F3N2O/c1-7-2-3-8(4-9(7)12)10(17)16-6-11(13,14)5-15/h2-4H,5-6,15H2,1H3,(H,16,17). The Morgan fingerprint density at radius 1 is 1.47 bits per heavy atom. The minimum atomic E-state index is -3.15. The SMILES string of the molecule is Cc1ccc(C(=O)NCC(F)(F)CN)cc1F. The molecule has 0 spiro atoms. The van der Waals surface area contributed by atoms with E-state index >= 15 is 0 Å². The molecule has 0 atom stereocenters. The third-order valence-electron chi connectivity index (χ3n) is 2.24. The monoisotopic (exact) mass is 246 g/mol. The van der Waals surface area contributed by atoms with Crippen LogP contribution in [0.1, 0.15) is 15.9 Å². The summed E-state index contributed by atoms with van der Waals surface area (Å²) in [5.74, 6) is -4.46. The number of nitrogens with one attached hydrogen (secondary N) is 1. The van der Waals surface area contributed by atoms with Crippen LogP contribution in [0.3, 0.4) is 0 Å². The van der Waals surface area contributed by atoms with Crippen molar-refractivity contribution in [3.8, 4) is 0 Å². The average Bonchev–Trinajstić information content (AvgIpc) is 2.30. The van der Waals surface area contributed by atoms with E-state index in [-0.39, 0.29) is 5.56 Å². The quantitative estimate of drug-likeness (QED) is 0.845. The predicted octanol–water partition coefficient (Wildman–Crippen LogP) is 1.46. The zero-order chi connectivity index (χ0) is 13.1. The lowest BCUT2D eigenvalue weighted by Gasteiger charge is -2.14. The summed E-state index contributed by atoms with van der Waals surface area (Å²) in [6.45, 7) is -0.174. The zero-order valence-electron chi connectivity index (χ0n) is 9.27. The van der Waals surface area contributed by atoms with E-state index in [1.807, 2.05) is 5.32 Å². The highest BCUT2D eigenvalue weighted by Crippen LogP contribution is 2.11. The molecule has 1 rings (SSSR count). The summed E-state index contributed by atoms with van der Waals surface area (Å²) in [5.41, 5.74) is 5.20. The number of alkyl halides is 2. The number of carbonyl (C=O) groups is 1. The molecule has 94 valence electrons. The fourth-order valence-corrected chi connectivity index (χ4v) is 1.12. The Morgan fingerprint density at radius 3 is 2.65 bits per heavy atom. The molecule has 1 amide bonds. The van der Waals surface area contributed by atoms with Gasteiger partial charge in [0.05, 0.1) is 13.1 Å². The van der Waals surface area contributed by atoms with E-state index in [0.717, 1.165) is 6.07 Å². The topological polar surface area (TPSA) is 55.1 Å². The second-order valence-electron chi connectivity index (χ2n) is 3.71. The fraction of sp³-hybridized carbons (Fsp3) is 0.364. The van der Waals surface area contributed by atoms with Gasteiger partial charge in [0.15, 0.2) is 0 Å². The van der Waals surface area contributed by atoms with Crippen LogP contribution in [0.15, 0.2) is 18.2 Å². The molecule has 0 aliphatic carbocycles. The molecule has 0 radical (unpaired) electrons. The molecular formula is C11H13F3N2O. The van der Waals surface area contributed by atoms with E-state index in [2.05, 4.69) is 0 Å². The largest absolute Gasteiger partial charge is 0.346 e. The Bertz CT molecular complexity index is 421. The second kappa shape index (κ2) is 5.18. The first-order valence-electron chi connectivity index (χ1n) is 4.98. The highest BCUT2D eigenvalue weighted by atomic mass is 19.3. The number of carbonyl (C=O) groups excluding carboxylic acids is 1. The minimum absolute atomic E-state index is 0.000853. The molecule has 1 aromatic rings. The van der Waals surface area contributed by atoms with Crippen LogP contribution in [0, 0.1) is 12.7 Å². The summed E-state index contributed by atoms with van der Waals surface area (Å²) in [7, 11) is 0.